The van der Waals surface area contributed by atoms with Crippen molar-refractivity contribution in [2.75, 3.05) is 53.4 Å². The van der Waals surface area contributed by atoms with Gasteiger partial charge in [-0.3, -0.25) is 4.79 Å². The molecule has 4 bridgehead atoms. The lowest BCUT2D eigenvalue weighted by Gasteiger charge is -2.29. The Bertz CT molecular complexity index is 1070. The van der Waals surface area contributed by atoms with E-state index in [0.717, 1.165) is 22.6 Å². The number of ether oxygens (including phenoxy) is 4. The molecule has 1 aromatic rings. The highest BCUT2D eigenvalue weighted by Gasteiger charge is 2.40. The fourth-order valence-electron chi connectivity index (χ4n) is 4.44. The third-order valence-electron chi connectivity index (χ3n) is 6.17. The molecule has 0 radical (unpaired) electrons. The number of carbonyl (C=O) groups is 1. The lowest BCUT2D eigenvalue weighted by Crippen LogP contribution is -2.41. The Morgan fingerprint density at radius 1 is 1.24 bits per heavy atom. The molecular formula is C25H34N4O5. The molecule has 0 aliphatic carbocycles. The average molecular weight is 471 g/mol. The van der Waals surface area contributed by atoms with Gasteiger partial charge in [0, 0.05) is 52.4 Å². The number of nitrogens with zero attached hydrogens (tertiary/aromatic N) is 3. The van der Waals surface area contributed by atoms with Gasteiger partial charge < -0.3 is 34.1 Å². The smallest absolute Gasteiger partial charge is 0.260 e. The minimum atomic E-state index is -0.471. The summed E-state index contributed by atoms with van der Waals surface area (Å²) in [4.78, 5) is 21.5. The van der Waals surface area contributed by atoms with E-state index in [0.29, 0.717) is 43.6 Å². The maximum absolute atomic E-state index is 12.9. The van der Waals surface area contributed by atoms with Crippen LogP contribution in [0.25, 0.3) is 5.57 Å². The summed E-state index contributed by atoms with van der Waals surface area (Å²) in [5.74, 6) is 2.30. The molecule has 1 amide bonds. The van der Waals surface area contributed by atoms with Gasteiger partial charge in [-0.05, 0) is 24.6 Å². The maximum Gasteiger partial charge on any atom is 0.260 e. The molecule has 0 aromatic heterocycles. The SMILES string of the molecule is CC=C/C1=C2/N=C(OC[C@@H]3C[C@@H](OC)C(=O)N3CCNc3cc(OC)cc1c3)C(OC)=CN2C.[HH]. The van der Waals surface area contributed by atoms with Crippen molar-refractivity contribution in [3.63, 3.8) is 0 Å². The Morgan fingerprint density at radius 3 is 2.76 bits per heavy atom. The lowest BCUT2D eigenvalue weighted by molar-refractivity contribution is -0.136. The van der Waals surface area contributed by atoms with Gasteiger partial charge in [0.05, 0.1) is 26.5 Å². The van der Waals surface area contributed by atoms with Crippen molar-refractivity contribution < 1.29 is 25.2 Å². The standard InChI is InChI=1S/C25H32N4O5.H2/c1-6-7-20-16-10-17(12-19(11-16)31-3)26-8-9-29-18(13-21(32-4)25(29)30)15-34-24-22(33-5)14-28(2)23(20)27-24;/h6-7,10-12,14,18,21,26H,8-9,13,15H2,1-5H3;1H/b7-6?,23-20+;/t18-,21+;/m0./s1. The van der Waals surface area contributed by atoms with E-state index in [1.807, 2.05) is 54.3 Å². The molecule has 184 valence electrons. The molecule has 9 nitrogen and oxygen atoms in total. The van der Waals surface area contributed by atoms with E-state index in [1.54, 1.807) is 21.3 Å². The predicted octanol–water partition coefficient (Wildman–Crippen LogP) is 3.08. The van der Waals surface area contributed by atoms with E-state index >= 15 is 0 Å². The molecule has 0 spiro atoms. The molecule has 1 fully saturated rings. The Labute approximate surface area is 201 Å². The molecule has 3 aliphatic rings. The van der Waals surface area contributed by atoms with Crippen LogP contribution in [0.15, 0.2) is 53.1 Å². The van der Waals surface area contributed by atoms with Gasteiger partial charge in [0.1, 0.15) is 24.3 Å². The van der Waals surface area contributed by atoms with Crippen LogP contribution < -0.4 is 10.1 Å². The van der Waals surface area contributed by atoms with E-state index < -0.39 is 6.10 Å². The van der Waals surface area contributed by atoms with Crippen molar-refractivity contribution in [2.45, 2.75) is 25.5 Å². The zero-order chi connectivity index (χ0) is 24.2. The molecular weight excluding hydrogens is 436 g/mol. The average Bonchev–Trinajstić information content (AvgIpc) is 3.15. The van der Waals surface area contributed by atoms with Crippen LogP contribution in [0, 0.1) is 0 Å². The molecule has 2 atom stereocenters. The fourth-order valence-corrected chi connectivity index (χ4v) is 4.44. The van der Waals surface area contributed by atoms with Crippen molar-refractivity contribution >= 4 is 23.1 Å². The summed E-state index contributed by atoms with van der Waals surface area (Å²) in [6.07, 6.45) is 5.93. The van der Waals surface area contributed by atoms with Gasteiger partial charge >= 0.3 is 0 Å². The van der Waals surface area contributed by atoms with Crippen LogP contribution in [0.2, 0.25) is 0 Å². The normalized spacial score (nSPS) is 25.1. The molecule has 0 saturated carbocycles. The van der Waals surface area contributed by atoms with E-state index in [2.05, 4.69) is 11.4 Å². The summed E-state index contributed by atoms with van der Waals surface area (Å²) >= 11 is 0. The number of carbonyl (C=O) groups excluding carboxylic acids is 1. The van der Waals surface area contributed by atoms with E-state index in [9.17, 15) is 4.79 Å². The number of nitrogens with one attached hydrogen (secondary N) is 1. The van der Waals surface area contributed by atoms with E-state index in [4.69, 9.17) is 23.9 Å². The summed E-state index contributed by atoms with van der Waals surface area (Å²) in [5, 5.41) is 3.44. The minimum Gasteiger partial charge on any atom is -0.497 e. The summed E-state index contributed by atoms with van der Waals surface area (Å²) in [5.41, 5.74) is 2.74. The Balaban J connectivity index is 0.00000342. The molecule has 1 N–H and O–H groups in total. The van der Waals surface area contributed by atoms with Gasteiger partial charge in [-0.15, -0.1) is 0 Å². The molecule has 3 heterocycles. The molecule has 4 rings (SSSR count). The number of aliphatic imine (C=N–C) groups is 1. The lowest BCUT2D eigenvalue weighted by atomic mass is 10.0. The third-order valence-corrected chi connectivity index (χ3v) is 6.17. The summed E-state index contributed by atoms with van der Waals surface area (Å²) in [7, 11) is 6.72. The zero-order valence-corrected chi connectivity index (χ0v) is 20.3. The number of amides is 1. The molecule has 3 aliphatic heterocycles. The van der Waals surface area contributed by atoms with Crippen LogP contribution in [0.5, 0.6) is 5.75 Å². The molecule has 1 aromatic carbocycles. The van der Waals surface area contributed by atoms with Gasteiger partial charge in [0.2, 0.25) is 0 Å². The monoisotopic (exact) mass is 470 g/mol. The number of hydrogen-bond donors (Lipinski definition) is 1. The van der Waals surface area contributed by atoms with Crippen molar-refractivity contribution in [3.8, 4) is 5.75 Å². The second-order valence-electron chi connectivity index (χ2n) is 8.30. The maximum atomic E-state index is 12.9. The largest absolute Gasteiger partial charge is 0.497 e. The van der Waals surface area contributed by atoms with Crippen LogP contribution in [0.4, 0.5) is 5.69 Å². The first kappa shape index (κ1) is 23.7. The number of anilines is 1. The van der Waals surface area contributed by atoms with Gasteiger partial charge in [-0.25, -0.2) is 0 Å². The van der Waals surface area contributed by atoms with E-state index in [1.165, 1.54) is 0 Å². The van der Waals surface area contributed by atoms with Crippen LogP contribution in [0.1, 0.15) is 20.3 Å². The molecule has 1 saturated heterocycles. The number of hydrogen-bond acceptors (Lipinski definition) is 8. The van der Waals surface area contributed by atoms with Crippen LogP contribution in [0.3, 0.4) is 0 Å². The highest BCUT2D eigenvalue weighted by molar-refractivity contribution is 5.95. The predicted molar refractivity (Wildman–Crippen MR) is 132 cm³/mol. The van der Waals surface area contributed by atoms with Crippen molar-refractivity contribution in [1.29, 1.82) is 0 Å². The summed E-state index contributed by atoms with van der Waals surface area (Å²) in [6.45, 7) is 3.35. The van der Waals surface area contributed by atoms with Crippen molar-refractivity contribution in [2.24, 2.45) is 4.99 Å². The quantitative estimate of drug-likeness (QED) is 0.724. The first-order valence-electron chi connectivity index (χ1n) is 11.3. The van der Waals surface area contributed by atoms with Gasteiger partial charge in [-0.1, -0.05) is 12.2 Å². The number of allylic oxidation sites excluding steroid dienone is 3. The van der Waals surface area contributed by atoms with Gasteiger partial charge in [0.25, 0.3) is 11.8 Å². The van der Waals surface area contributed by atoms with Crippen LogP contribution in [-0.2, 0) is 19.0 Å². The van der Waals surface area contributed by atoms with Crippen LogP contribution in [-0.4, -0.2) is 81.8 Å². The molecule has 34 heavy (non-hydrogen) atoms. The fraction of sp³-hybridized carbons (Fsp3) is 0.440. The minimum absolute atomic E-state index is 0. The Kier molecular flexibility index (Phi) is 7.12. The highest BCUT2D eigenvalue weighted by Crippen LogP contribution is 2.32. The van der Waals surface area contributed by atoms with Gasteiger partial charge in [-0.2, -0.15) is 4.99 Å². The first-order chi connectivity index (χ1) is 16.5. The topological polar surface area (TPSA) is 84.9 Å². The number of rotatable bonds is 4. The Hall–Kier alpha value is -3.46. The van der Waals surface area contributed by atoms with Crippen molar-refractivity contribution in [1.82, 2.24) is 9.80 Å². The molecule has 9 heteroatoms. The third kappa shape index (κ3) is 4.61. The van der Waals surface area contributed by atoms with Crippen molar-refractivity contribution in [3.05, 3.63) is 53.7 Å². The second kappa shape index (κ2) is 10.2. The second-order valence-corrected chi connectivity index (χ2v) is 8.30. The number of fused-ring (bicyclic) bond motifs is 4. The first-order valence-corrected chi connectivity index (χ1v) is 11.3. The highest BCUT2D eigenvalue weighted by atomic mass is 16.5. The van der Waals surface area contributed by atoms with Gasteiger partial charge in [0.15, 0.2) is 5.76 Å². The number of methoxy groups -OCH3 is 3. The Morgan fingerprint density at radius 2 is 2.06 bits per heavy atom. The van der Waals surface area contributed by atoms with Crippen LogP contribution >= 0.6 is 0 Å². The zero-order valence-electron chi connectivity index (χ0n) is 20.3. The molecule has 0 unspecified atom stereocenters. The number of benzene rings is 1. The summed E-state index contributed by atoms with van der Waals surface area (Å²) < 4.78 is 22.7. The summed E-state index contributed by atoms with van der Waals surface area (Å²) in [6, 6.07) is 5.84. The van der Waals surface area contributed by atoms with E-state index in [-0.39, 0.29) is 13.4 Å².